The molecule has 3 aromatic heterocycles. The lowest BCUT2D eigenvalue weighted by atomic mass is 10.0. The van der Waals surface area contributed by atoms with Crippen molar-refractivity contribution in [3.05, 3.63) is 93.9 Å². The molecule has 176 valence electrons. The predicted octanol–water partition coefficient (Wildman–Crippen LogP) is 3.13. The maximum atomic E-state index is 14.1. The molecule has 1 aliphatic heterocycles. The van der Waals surface area contributed by atoms with Crippen LogP contribution < -0.4 is 15.8 Å². The average molecular weight is 463 g/mol. The van der Waals surface area contributed by atoms with Gasteiger partial charge in [0.05, 0.1) is 17.9 Å². The number of pyridine rings is 1. The summed E-state index contributed by atoms with van der Waals surface area (Å²) < 4.78 is 17.3. The third-order valence-corrected chi connectivity index (χ3v) is 6.31. The lowest BCUT2D eigenvalue weighted by Gasteiger charge is -2.26. The van der Waals surface area contributed by atoms with E-state index in [1.165, 1.54) is 22.8 Å². The summed E-state index contributed by atoms with van der Waals surface area (Å²) >= 11 is 0. The lowest BCUT2D eigenvalue weighted by Crippen LogP contribution is -2.40. The van der Waals surface area contributed by atoms with Gasteiger partial charge in [-0.1, -0.05) is 19.1 Å². The highest BCUT2D eigenvalue weighted by atomic mass is 19.1. The number of benzene rings is 1. The number of nitrogens with zero attached hydrogens (tertiary/aromatic N) is 5. The number of hydrogen-bond acceptors (Lipinski definition) is 5. The first kappa shape index (κ1) is 21.8. The Morgan fingerprint density at radius 1 is 1.24 bits per heavy atom. The third kappa shape index (κ3) is 3.93. The van der Waals surface area contributed by atoms with Crippen LogP contribution >= 0.6 is 0 Å². The predicted molar refractivity (Wildman–Crippen MR) is 129 cm³/mol. The van der Waals surface area contributed by atoms with E-state index in [4.69, 9.17) is 5.10 Å². The van der Waals surface area contributed by atoms with E-state index >= 15 is 0 Å². The van der Waals surface area contributed by atoms with Crippen molar-refractivity contribution in [2.24, 2.45) is 7.05 Å². The van der Waals surface area contributed by atoms with E-state index in [0.29, 0.717) is 18.8 Å². The van der Waals surface area contributed by atoms with Gasteiger partial charge in [-0.05, 0) is 54.8 Å². The van der Waals surface area contributed by atoms with Crippen LogP contribution in [0.5, 0.6) is 0 Å². The van der Waals surface area contributed by atoms with Gasteiger partial charge in [0, 0.05) is 27.3 Å². The van der Waals surface area contributed by atoms with Crippen LogP contribution in [0.2, 0.25) is 0 Å². The summed E-state index contributed by atoms with van der Waals surface area (Å²) in [6.07, 6.45) is 4.75. The largest absolute Gasteiger partial charge is 0.347 e. The topological polar surface area (TPSA) is 84.5 Å². The molecule has 0 aliphatic carbocycles. The van der Waals surface area contributed by atoms with Crippen LogP contribution in [0.1, 0.15) is 42.4 Å². The van der Waals surface area contributed by atoms with Crippen LogP contribution in [0.4, 0.5) is 10.2 Å². The number of amides is 1. The zero-order chi connectivity index (χ0) is 23.8. The zero-order valence-corrected chi connectivity index (χ0v) is 19.0. The monoisotopic (exact) mass is 462 g/mol. The molecule has 1 amide bonds. The van der Waals surface area contributed by atoms with Crippen LogP contribution in [-0.2, 0) is 13.5 Å². The molecule has 34 heavy (non-hydrogen) atoms. The van der Waals surface area contributed by atoms with Gasteiger partial charge in [-0.25, -0.2) is 13.9 Å². The minimum Gasteiger partial charge on any atom is -0.347 e. The van der Waals surface area contributed by atoms with Crippen molar-refractivity contribution < 1.29 is 10.6 Å². The summed E-state index contributed by atoms with van der Waals surface area (Å²) in [6, 6.07) is 13.0. The molecule has 4 heterocycles. The highest BCUT2D eigenvalue weighted by molar-refractivity contribution is 5.94. The molecule has 0 bridgehead atoms. The van der Waals surface area contributed by atoms with Gasteiger partial charge < -0.3 is 14.8 Å². The maximum absolute atomic E-state index is 14.1. The van der Waals surface area contributed by atoms with E-state index in [-0.39, 0.29) is 30.5 Å². The van der Waals surface area contributed by atoms with Gasteiger partial charge in [-0.3, -0.25) is 9.59 Å². The minimum absolute atomic E-state index is 0. The van der Waals surface area contributed by atoms with Crippen molar-refractivity contribution >= 4 is 17.4 Å². The number of anilines is 1. The van der Waals surface area contributed by atoms with Crippen molar-refractivity contribution in [3.8, 4) is 0 Å². The number of nitrogens with one attached hydrogen (secondary N) is 1. The maximum Gasteiger partial charge on any atom is 0.263 e. The van der Waals surface area contributed by atoms with Gasteiger partial charge in [0.25, 0.3) is 11.5 Å². The normalized spacial score (nSPS) is 17.9. The van der Waals surface area contributed by atoms with Crippen LogP contribution in [0.15, 0.2) is 65.7 Å². The van der Waals surface area contributed by atoms with Crippen molar-refractivity contribution in [2.45, 2.75) is 31.8 Å². The second-order valence-electron chi connectivity index (χ2n) is 8.53. The SMILES string of the molecule is CCc1cnc2ccc(N3CC(NC(=O)c4cccn(C)c4=O)C[C@@H]3c3cccc(F)c3)nn12.[HH]. The summed E-state index contributed by atoms with van der Waals surface area (Å²) in [5, 5.41) is 7.80. The minimum atomic E-state index is -0.419. The summed E-state index contributed by atoms with van der Waals surface area (Å²) in [4.78, 5) is 31.8. The van der Waals surface area contributed by atoms with Gasteiger partial charge in [-0.2, -0.15) is 0 Å². The fourth-order valence-corrected chi connectivity index (χ4v) is 4.56. The molecule has 4 aromatic rings. The molecule has 8 nitrogen and oxygen atoms in total. The Morgan fingerprint density at radius 3 is 2.88 bits per heavy atom. The van der Waals surface area contributed by atoms with Gasteiger partial charge >= 0.3 is 0 Å². The fourth-order valence-electron chi connectivity index (χ4n) is 4.56. The van der Waals surface area contributed by atoms with Gasteiger partial charge in [0.15, 0.2) is 5.65 Å². The number of aryl methyl sites for hydroxylation is 2. The molecule has 0 spiro atoms. The first-order valence-corrected chi connectivity index (χ1v) is 11.3. The van der Waals surface area contributed by atoms with Crippen molar-refractivity contribution in [2.75, 3.05) is 11.4 Å². The number of hydrogen-bond donors (Lipinski definition) is 1. The molecule has 1 saturated heterocycles. The number of imidazole rings is 1. The molecule has 2 atom stereocenters. The second-order valence-corrected chi connectivity index (χ2v) is 8.53. The lowest BCUT2D eigenvalue weighted by molar-refractivity contribution is 0.0937. The highest BCUT2D eigenvalue weighted by Crippen LogP contribution is 2.36. The van der Waals surface area contributed by atoms with Crippen LogP contribution in [0.25, 0.3) is 5.65 Å². The quantitative estimate of drug-likeness (QED) is 0.493. The molecule has 1 N–H and O–H groups in total. The number of carbonyl (C=O) groups is 1. The summed E-state index contributed by atoms with van der Waals surface area (Å²) in [5.74, 6) is -0.0248. The fraction of sp³-hybridized carbons (Fsp3) is 0.280. The Labute approximate surface area is 197 Å². The molecular formula is C25H27FN6O2. The number of halogens is 1. The van der Waals surface area contributed by atoms with Crippen LogP contribution in [0.3, 0.4) is 0 Å². The Bertz CT molecular complexity index is 1440. The van der Waals surface area contributed by atoms with E-state index in [2.05, 4.69) is 15.2 Å². The Hall–Kier alpha value is -4.01. The molecule has 0 radical (unpaired) electrons. The van der Waals surface area contributed by atoms with Gasteiger partial charge in [-0.15, -0.1) is 5.10 Å². The standard InChI is InChI=1S/C25H25FN6O2.H2/c1-3-19-14-27-22-9-10-23(29-32(19)22)31-15-18(13-21(31)16-6-4-7-17(26)12-16)28-24(33)20-8-5-11-30(2)25(20)34;/h4-12,14,18,21H,3,13,15H2,1-2H3,(H,28,33);1H/t18?,21-;/m1./s1. The van der Waals surface area contributed by atoms with Crippen molar-refractivity contribution in [3.63, 3.8) is 0 Å². The third-order valence-electron chi connectivity index (χ3n) is 6.31. The molecule has 1 aromatic carbocycles. The van der Waals surface area contributed by atoms with Crippen molar-refractivity contribution in [1.82, 2.24) is 24.5 Å². The molecule has 0 saturated carbocycles. The molecule has 1 aliphatic rings. The van der Waals surface area contributed by atoms with Crippen LogP contribution in [-0.4, -0.2) is 37.7 Å². The Kier molecular flexibility index (Phi) is 5.61. The summed E-state index contributed by atoms with van der Waals surface area (Å²) in [5.41, 5.74) is 2.29. The molecule has 5 rings (SSSR count). The van der Waals surface area contributed by atoms with E-state index < -0.39 is 5.91 Å². The van der Waals surface area contributed by atoms with E-state index in [9.17, 15) is 14.0 Å². The molecular weight excluding hydrogens is 435 g/mol. The summed E-state index contributed by atoms with van der Waals surface area (Å²) in [7, 11) is 1.61. The van der Waals surface area contributed by atoms with E-state index in [1.807, 2.05) is 35.8 Å². The Balaban J connectivity index is 0.00000289. The molecule has 9 heteroatoms. The summed E-state index contributed by atoms with van der Waals surface area (Å²) in [6.45, 7) is 2.51. The molecule has 1 unspecified atom stereocenters. The number of carbonyl (C=O) groups excluding carboxylic acids is 1. The Morgan fingerprint density at radius 2 is 2.09 bits per heavy atom. The second kappa shape index (κ2) is 8.74. The smallest absolute Gasteiger partial charge is 0.263 e. The van der Waals surface area contributed by atoms with Crippen LogP contribution in [0, 0.1) is 5.82 Å². The van der Waals surface area contributed by atoms with Crippen molar-refractivity contribution in [1.29, 1.82) is 0 Å². The number of aromatic nitrogens is 4. The average Bonchev–Trinajstić information content (AvgIpc) is 3.44. The van der Waals surface area contributed by atoms with Gasteiger partial charge in [0.1, 0.15) is 17.2 Å². The van der Waals surface area contributed by atoms with E-state index in [0.717, 1.165) is 23.3 Å². The zero-order valence-electron chi connectivity index (χ0n) is 19.0. The first-order chi connectivity index (χ1) is 16.4. The molecule has 1 fully saturated rings. The van der Waals surface area contributed by atoms with E-state index in [1.54, 1.807) is 25.4 Å². The number of rotatable bonds is 5. The highest BCUT2D eigenvalue weighted by Gasteiger charge is 2.35. The first-order valence-electron chi connectivity index (χ1n) is 11.3. The number of fused-ring (bicyclic) bond motifs is 1. The van der Waals surface area contributed by atoms with Gasteiger partial charge in [0.2, 0.25) is 0 Å².